The van der Waals surface area contributed by atoms with Gasteiger partial charge in [-0.15, -0.1) is 24.0 Å². The highest BCUT2D eigenvalue weighted by Gasteiger charge is 2.23. The summed E-state index contributed by atoms with van der Waals surface area (Å²) in [6.07, 6.45) is 6.36. The number of piperidine rings is 1. The molecule has 0 aromatic carbocycles. The van der Waals surface area contributed by atoms with Gasteiger partial charge in [-0.2, -0.15) is 0 Å². The first-order valence-electron chi connectivity index (χ1n) is 8.62. The molecule has 0 aliphatic carbocycles. The molecule has 134 valence electrons. The molecule has 6 nitrogen and oxygen atoms in total. The van der Waals surface area contributed by atoms with Crippen molar-refractivity contribution in [2.24, 2.45) is 16.6 Å². The molecule has 0 aromatic rings. The van der Waals surface area contributed by atoms with Crippen molar-refractivity contribution in [3.63, 3.8) is 0 Å². The number of nitrogens with one attached hydrogen (secondary N) is 1. The fraction of sp³-hybridized carbons (Fsp3) is 0.875. The second-order valence-electron chi connectivity index (χ2n) is 6.28. The number of hydrogen-bond donors (Lipinski definition) is 2. The Hall–Kier alpha value is -0.570. The number of guanidine groups is 1. The van der Waals surface area contributed by atoms with Crippen molar-refractivity contribution in [2.75, 3.05) is 32.8 Å². The standard InChI is InChI=1S/C16H30N4O2.HI/c1-2-18-16(19-8-7-14-6-4-10-22-14)20-9-3-5-13(12-20)11-15(17)21;/h13-14H,2-12H2,1H3,(H2,17,21)(H,18,19);1H. The Morgan fingerprint density at radius 2 is 2.22 bits per heavy atom. The molecule has 0 radical (unpaired) electrons. The van der Waals surface area contributed by atoms with E-state index >= 15 is 0 Å². The quantitative estimate of drug-likeness (QED) is 0.376. The summed E-state index contributed by atoms with van der Waals surface area (Å²) in [6.45, 7) is 6.51. The van der Waals surface area contributed by atoms with Crippen molar-refractivity contribution < 1.29 is 9.53 Å². The minimum absolute atomic E-state index is 0. The van der Waals surface area contributed by atoms with Gasteiger partial charge in [-0.1, -0.05) is 0 Å². The molecule has 7 heteroatoms. The van der Waals surface area contributed by atoms with Crippen LogP contribution < -0.4 is 11.1 Å². The monoisotopic (exact) mass is 438 g/mol. The van der Waals surface area contributed by atoms with Crippen molar-refractivity contribution in [3.8, 4) is 0 Å². The summed E-state index contributed by atoms with van der Waals surface area (Å²) in [6, 6.07) is 0. The van der Waals surface area contributed by atoms with Crippen molar-refractivity contribution in [1.82, 2.24) is 10.2 Å². The Labute approximate surface area is 156 Å². The second kappa shape index (κ2) is 11.1. The molecule has 2 unspecified atom stereocenters. The lowest BCUT2D eigenvalue weighted by Gasteiger charge is -2.34. The first-order valence-corrected chi connectivity index (χ1v) is 8.62. The molecule has 2 aliphatic heterocycles. The summed E-state index contributed by atoms with van der Waals surface area (Å²) in [5.41, 5.74) is 5.34. The third kappa shape index (κ3) is 7.24. The van der Waals surface area contributed by atoms with Gasteiger partial charge in [-0.05, 0) is 44.9 Å². The fourth-order valence-corrected chi connectivity index (χ4v) is 3.32. The molecule has 2 aliphatic rings. The first kappa shape index (κ1) is 20.5. The van der Waals surface area contributed by atoms with Crippen LogP contribution in [0.25, 0.3) is 0 Å². The second-order valence-corrected chi connectivity index (χ2v) is 6.28. The smallest absolute Gasteiger partial charge is 0.217 e. The Bertz CT molecular complexity index is 386. The van der Waals surface area contributed by atoms with Crippen LogP contribution in [-0.2, 0) is 9.53 Å². The molecule has 2 heterocycles. The number of rotatable bonds is 6. The molecule has 23 heavy (non-hydrogen) atoms. The molecule has 3 N–H and O–H groups in total. The molecule has 0 aromatic heterocycles. The zero-order valence-electron chi connectivity index (χ0n) is 14.1. The lowest BCUT2D eigenvalue weighted by molar-refractivity contribution is -0.119. The minimum atomic E-state index is -0.202. The molecule has 1 amide bonds. The van der Waals surface area contributed by atoms with Gasteiger partial charge in [0, 0.05) is 39.2 Å². The van der Waals surface area contributed by atoms with E-state index in [1.165, 1.54) is 6.42 Å². The number of carbonyl (C=O) groups is 1. The summed E-state index contributed by atoms with van der Waals surface area (Å²) in [4.78, 5) is 18.2. The van der Waals surface area contributed by atoms with Crippen molar-refractivity contribution >= 4 is 35.8 Å². The highest BCUT2D eigenvalue weighted by atomic mass is 127. The largest absolute Gasteiger partial charge is 0.378 e. The van der Waals surface area contributed by atoms with Gasteiger partial charge in [0.05, 0.1) is 6.10 Å². The van der Waals surface area contributed by atoms with E-state index in [0.717, 1.165) is 64.4 Å². The number of likely N-dealkylation sites (tertiary alicyclic amines) is 1. The van der Waals surface area contributed by atoms with Crippen LogP contribution in [0.3, 0.4) is 0 Å². The molecule has 2 rings (SSSR count). The number of halogens is 1. The summed E-state index contributed by atoms with van der Waals surface area (Å²) in [5.74, 6) is 1.12. The summed E-state index contributed by atoms with van der Waals surface area (Å²) >= 11 is 0. The van der Waals surface area contributed by atoms with Crippen molar-refractivity contribution in [2.45, 2.75) is 51.6 Å². The molecule has 0 bridgehead atoms. The number of hydrogen-bond acceptors (Lipinski definition) is 3. The highest BCUT2D eigenvalue weighted by Crippen LogP contribution is 2.20. The van der Waals surface area contributed by atoms with Gasteiger partial charge in [0.25, 0.3) is 0 Å². The van der Waals surface area contributed by atoms with Crippen LogP contribution in [0.2, 0.25) is 0 Å². The van der Waals surface area contributed by atoms with Crippen LogP contribution in [0.1, 0.15) is 45.4 Å². The van der Waals surface area contributed by atoms with E-state index in [4.69, 9.17) is 15.5 Å². The maximum atomic E-state index is 11.1. The highest BCUT2D eigenvalue weighted by molar-refractivity contribution is 14.0. The predicted octanol–water partition coefficient (Wildman–Crippen LogP) is 1.73. The maximum absolute atomic E-state index is 11.1. The normalized spacial score (nSPS) is 25.1. The molecule has 0 saturated carbocycles. The van der Waals surface area contributed by atoms with E-state index in [2.05, 4.69) is 17.1 Å². The number of ether oxygens (including phenoxy) is 1. The summed E-state index contributed by atoms with van der Waals surface area (Å²) in [7, 11) is 0. The van der Waals surface area contributed by atoms with Crippen LogP contribution in [-0.4, -0.2) is 55.7 Å². The van der Waals surface area contributed by atoms with E-state index < -0.39 is 0 Å². The van der Waals surface area contributed by atoms with Crippen LogP contribution in [0, 0.1) is 5.92 Å². The predicted molar refractivity (Wildman–Crippen MR) is 103 cm³/mol. The Kier molecular flexibility index (Phi) is 9.85. The summed E-state index contributed by atoms with van der Waals surface area (Å²) < 4.78 is 5.65. The Morgan fingerprint density at radius 1 is 1.39 bits per heavy atom. The minimum Gasteiger partial charge on any atom is -0.378 e. The Balaban J connectivity index is 0.00000264. The number of primary amides is 1. The molecule has 2 atom stereocenters. The molecule has 2 saturated heterocycles. The molecule has 2 fully saturated rings. The van der Waals surface area contributed by atoms with Crippen LogP contribution >= 0.6 is 24.0 Å². The van der Waals surface area contributed by atoms with Crippen LogP contribution in [0.4, 0.5) is 0 Å². The molecular formula is C16H31IN4O2. The number of nitrogens with two attached hydrogens (primary N) is 1. The zero-order valence-corrected chi connectivity index (χ0v) is 16.5. The van der Waals surface area contributed by atoms with Gasteiger partial charge in [0.2, 0.25) is 5.91 Å². The number of amides is 1. The Morgan fingerprint density at radius 3 is 2.87 bits per heavy atom. The zero-order chi connectivity index (χ0) is 15.8. The topological polar surface area (TPSA) is 80.0 Å². The van der Waals surface area contributed by atoms with Crippen molar-refractivity contribution in [3.05, 3.63) is 0 Å². The summed E-state index contributed by atoms with van der Waals surface area (Å²) in [5, 5.41) is 3.37. The van der Waals surface area contributed by atoms with Crippen LogP contribution in [0.15, 0.2) is 4.99 Å². The van der Waals surface area contributed by atoms with Gasteiger partial charge in [0.15, 0.2) is 5.96 Å². The van der Waals surface area contributed by atoms with Crippen molar-refractivity contribution in [1.29, 1.82) is 0 Å². The van der Waals surface area contributed by atoms with Gasteiger partial charge < -0.3 is 20.7 Å². The lowest BCUT2D eigenvalue weighted by atomic mass is 9.95. The van der Waals surface area contributed by atoms with E-state index in [1.807, 2.05) is 0 Å². The average Bonchev–Trinajstić information content (AvgIpc) is 2.99. The molecule has 0 spiro atoms. The van der Waals surface area contributed by atoms with E-state index in [9.17, 15) is 4.79 Å². The van der Waals surface area contributed by atoms with E-state index in [0.29, 0.717) is 18.4 Å². The maximum Gasteiger partial charge on any atom is 0.217 e. The van der Waals surface area contributed by atoms with Gasteiger partial charge >= 0.3 is 0 Å². The molecular weight excluding hydrogens is 407 g/mol. The third-order valence-electron chi connectivity index (χ3n) is 4.38. The van der Waals surface area contributed by atoms with E-state index in [1.54, 1.807) is 0 Å². The lowest BCUT2D eigenvalue weighted by Crippen LogP contribution is -2.47. The van der Waals surface area contributed by atoms with Gasteiger partial charge in [-0.25, -0.2) is 0 Å². The average molecular weight is 438 g/mol. The van der Waals surface area contributed by atoms with E-state index in [-0.39, 0.29) is 29.9 Å². The van der Waals surface area contributed by atoms with Gasteiger partial charge in [0.1, 0.15) is 0 Å². The fourth-order valence-electron chi connectivity index (χ4n) is 3.32. The number of carbonyl (C=O) groups excluding carboxylic acids is 1. The first-order chi connectivity index (χ1) is 10.7. The van der Waals surface area contributed by atoms with Crippen LogP contribution in [0.5, 0.6) is 0 Å². The SMILES string of the molecule is CCNC(=NCCC1CCCO1)N1CCCC(CC(N)=O)C1.I. The number of nitrogens with zero attached hydrogens (tertiary/aromatic N) is 2. The number of aliphatic imine (C=N–C) groups is 1. The van der Waals surface area contributed by atoms with Gasteiger partial charge in [-0.3, -0.25) is 9.79 Å². The third-order valence-corrected chi connectivity index (χ3v) is 4.38.